The number of nitrogens with zero attached hydrogens (tertiary/aromatic N) is 3. The van der Waals surface area contributed by atoms with Gasteiger partial charge in [0.25, 0.3) is 5.56 Å². The number of hydrogen-bond donors (Lipinski definition) is 1. The van der Waals surface area contributed by atoms with Gasteiger partial charge in [-0.2, -0.15) is 5.26 Å². The molecule has 136 valence electrons. The summed E-state index contributed by atoms with van der Waals surface area (Å²) in [5.41, 5.74) is -0.669. The second-order valence-corrected chi connectivity index (χ2v) is 6.58. The number of unbranched alkanes of at least 4 members (excludes halogenated alkanes) is 1. The van der Waals surface area contributed by atoms with Crippen molar-refractivity contribution >= 4 is 5.91 Å². The smallest absolute Gasteiger partial charge is 0.331 e. The third kappa shape index (κ3) is 4.19. The van der Waals surface area contributed by atoms with Crippen molar-refractivity contribution in [1.29, 1.82) is 5.26 Å². The molecule has 0 fully saturated rings. The molecule has 25 heavy (non-hydrogen) atoms. The van der Waals surface area contributed by atoms with Gasteiger partial charge in [0.1, 0.15) is 18.2 Å². The Kier molecular flexibility index (Phi) is 6.57. The first-order valence-electron chi connectivity index (χ1n) is 9.06. The second kappa shape index (κ2) is 8.65. The van der Waals surface area contributed by atoms with Gasteiger partial charge in [0.2, 0.25) is 5.91 Å². The Hall–Kier alpha value is -2.36. The molecule has 7 nitrogen and oxygen atoms in total. The Morgan fingerprint density at radius 1 is 1.36 bits per heavy atom. The summed E-state index contributed by atoms with van der Waals surface area (Å²) in [6.45, 7) is 4.91. The van der Waals surface area contributed by atoms with Crippen LogP contribution in [-0.4, -0.2) is 21.6 Å². The second-order valence-electron chi connectivity index (χ2n) is 6.58. The van der Waals surface area contributed by atoms with E-state index in [0.717, 1.165) is 36.7 Å². The molecule has 1 atom stereocenters. The quantitative estimate of drug-likeness (QED) is 0.764. The fourth-order valence-corrected chi connectivity index (χ4v) is 3.29. The lowest BCUT2D eigenvalue weighted by atomic mass is 9.99. The van der Waals surface area contributed by atoms with Gasteiger partial charge in [-0.3, -0.25) is 14.2 Å². The van der Waals surface area contributed by atoms with Crippen LogP contribution < -0.4 is 16.6 Å². The molecule has 1 aliphatic heterocycles. The van der Waals surface area contributed by atoms with E-state index in [0.29, 0.717) is 31.1 Å². The zero-order chi connectivity index (χ0) is 18.4. The molecule has 2 heterocycles. The van der Waals surface area contributed by atoms with Crippen LogP contribution in [0.1, 0.15) is 57.2 Å². The highest BCUT2D eigenvalue weighted by Gasteiger charge is 2.23. The first-order valence-corrected chi connectivity index (χ1v) is 9.06. The van der Waals surface area contributed by atoms with Gasteiger partial charge in [-0.15, -0.1) is 0 Å². The Bertz CT molecular complexity index is 785. The standard InChI is InChI=1S/C18H26N4O3/c1-3-5-7-13(4-2)11-20-16(23)12-22-17(24)14(10-19)15-8-6-9-21(15)18(22)25/h13H,3-9,11-12H2,1-2H3,(H,20,23)/t13-/m0/s1. The lowest BCUT2D eigenvalue weighted by molar-refractivity contribution is -0.122. The highest BCUT2D eigenvalue weighted by atomic mass is 16.2. The molecule has 0 aromatic carbocycles. The summed E-state index contributed by atoms with van der Waals surface area (Å²) in [6.07, 6.45) is 5.53. The predicted octanol–water partition coefficient (Wildman–Crippen LogP) is 1.16. The van der Waals surface area contributed by atoms with E-state index >= 15 is 0 Å². The fourth-order valence-electron chi connectivity index (χ4n) is 3.29. The van der Waals surface area contributed by atoms with Crippen molar-refractivity contribution in [2.24, 2.45) is 5.92 Å². The van der Waals surface area contributed by atoms with E-state index < -0.39 is 11.2 Å². The highest BCUT2D eigenvalue weighted by molar-refractivity contribution is 5.75. The summed E-state index contributed by atoms with van der Waals surface area (Å²) in [4.78, 5) is 37.1. The van der Waals surface area contributed by atoms with Crippen LogP contribution in [0.2, 0.25) is 0 Å². The number of carbonyl (C=O) groups is 1. The summed E-state index contributed by atoms with van der Waals surface area (Å²) in [6, 6.07) is 1.89. The summed E-state index contributed by atoms with van der Waals surface area (Å²) in [7, 11) is 0. The van der Waals surface area contributed by atoms with E-state index in [-0.39, 0.29) is 18.0 Å². The maximum absolute atomic E-state index is 12.5. The van der Waals surface area contributed by atoms with Gasteiger partial charge >= 0.3 is 5.69 Å². The molecule has 0 saturated carbocycles. The van der Waals surface area contributed by atoms with Crippen molar-refractivity contribution in [3.05, 3.63) is 32.1 Å². The Morgan fingerprint density at radius 3 is 2.76 bits per heavy atom. The van der Waals surface area contributed by atoms with Crippen molar-refractivity contribution in [3.63, 3.8) is 0 Å². The van der Waals surface area contributed by atoms with Crippen LogP contribution in [0.4, 0.5) is 0 Å². The van der Waals surface area contributed by atoms with Crippen LogP contribution in [0.3, 0.4) is 0 Å². The van der Waals surface area contributed by atoms with E-state index in [1.807, 2.05) is 6.07 Å². The lowest BCUT2D eigenvalue weighted by Crippen LogP contribution is -2.45. The van der Waals surface area contributed by atoms with Crippen LogP contribution in [0, 0.1) is 17.2 Å². The average Bonchev–Trinajstić information content (AvgIpc) is 3.09. The Morgan fingerprint density at radius 2 is 2.12 bits per heavy atom. The zero-order valence-electron chi connectivity index (χ0n) is 15.0. The first-order chi connectivity index (χ1) is 12.0. The zero-order valence-corrected chi connectivity index (χ0v) is 15.0. The molecular formula is C18H26N4O3. The maximum atomic E-state index is 12.5. The van der Waals surface area contributed by atoms with Gasteiger partial charge < -0.3 is 5.32 Å². The number of amides is 1. The molecule has 2 rings (SSSR count). The van der Waals surface area contributed by atoms with Crippen molar-refractivity contribution in [2.45, 2.75) is 65.5 Å². The van der Waals surface area contributed by atoms with Gasteiger partial charge in [0.15, 0.2) is 0 Å². The normalized spacial score (nSPS) is 14.0. The molecule has 0 unspecified atom stereocenters. The summed E-state index contributed by atoms with van der Waals surface area (Å²) >= 11 is 0. The average molecular weight is 346 g/mol. The van der Waals surface area contributed by atoms with Crippen LogP contribution in [0.15, 0.2) is 9.59 Å². The molecule has 0 spiro atoms. The molecule has 1 aliphatic rings. The lowest BCUT2D eigenvalue weighted by Gasteiger charge is -2.16. The molecule has 1 N–H and O–H groups in total. The summed E-state index contributed by atoms with van der Waals surface area (Å²) in [5, 5.41) is 12.1. The summed E-state index contributed by atoms with van der Waals surface area (Å²) in [5.74, 6) is 0.0352. The molecule has 0 bridgehead atoms. The number of nitrogens with one attached hydrogen (secondary N) is 1. The van der Waals surface area contributed by atoms with Crippen molar-refractivity contribution < 1.29 is 4.79 Å². The van der Waals surface area contributed by atoms with E-state index in [1.54, 1.807) is 0 Å². The molecular weight excluding hydrogens is 320 g/mol. The van der Waals surface area contributed by atoms with E-state index in [4.69, 9.17) is 0 Å². The fraction of sp³-hybridized carbons (Fsp3) is 0.667. The van der Waals surface area contributed by atoms with Crippen molar-refractivity contribution in [3.8, 4) is 6.07 Å². The Labute approximate surface area is 147 Å². The van der Waals surface area contributed by atoms with Crippen LogP contribution >= 0.6 is 0 Å². The minimum absolute atomic E-state index is 0.0146. The van der Waals surface area contributed by atoms with Gasteiger partial charge in [-0.05, 0) is 25.2 Å². The van der Waals surface area contributed by atoms with E-state index in [1.165, 1.54) is 4.57 Å². The third-order valence-electron chi connectivity index (χ3n) is 4.88. The monoisotopic (exact) mass is 346 g/mol. The predicted molar refractivity (Wildman–Crippen MR) is 94.3 cm³/mol. The van der Waals surface area contributed by atoms with Gasteiger partial charge in [0, 0.05) is 18.8 Å². The molecule has 1 aromatic rings. The van der Waals surface area contributed by atoms with E-state index in [9.17, 15) is 19.6 Å². The highest BCUT2D eigenvalue weighted by Crippen LogP contribution is 2.13. The molecule has 0 aliphatic carbocycles. The molecule has 1 aromatic heterocycles. The van der Waals surface area contributed by atoms with E-state index in [2.05, 4.69) is 19.2 Å². The van der Waals surface area contributed by atoms with Gasteiger partial charge in [0.05, 0.1) is 0 Å². The molecule has 0 radical (unpaired) electrons. The third-order valence-corrected chi connectivity index (χ3v) is 4.88. The number of aromatic nitrogens is 2. The largest absolute Gasteiger partial charge is 0.354 e. The SMILES string of the molecule is CCCC[C@H](CC)CNC(=O)Cn1c(=O)c(C#N)c2n(c1=O)CCC2. The molecule has 1 amide bonds. The minimum atomic E-state index is -0.658. The van der Waals surface area contributed by atoms with Crippen LogP contribution in [-0.2, 0) is 24.3 Å². The minimum Gasteiger partial charge on any atom is -0.354 e. The number of fused-ring (bicyclic) bond motifs is 1. The van der Waals surface area contributed by atoms with Crippen molar-refractivity contribution in [2.75, 3.05) is 6.54 Å². The summed E-state index contributed by atoms with van der Waals surface area (Å²) < 4.78 is 2.33. The van der Waals surface area contributed by atoms with Gasteiger partial charge in [-0.25, -0.2) is 9.36 Å². The number of hydrogen-bond acceptors (Lipinski definition) is 4. The number of rotatable bonds is 8. The maximum Gasteiger partial charge on any atom is 0.331 e. The topological polar surface area (TPSA) is 96.9 Å². The first kappa shape index (κ1) is 19.0. The molecule has 7 heteroatoms. The van der Waals surface area contributed by atoms with Crippen LogP contribution in [0.25, 0.3) is 0 Å². The number of nitriles is 1. The van der Waals surface area contributed by atoms with Gasteiger partial charge in [-0.1, -0.05) is 33.1 Å². The molecule has 0 saturated heterocycles. The Balaban J connectivity index is 2.13. The number of carbonyl (C=O) groups excluding carboxylic acids is 1. The van der Waals surface area contributed by atoms with Crippen molar-refractivity contribution in [1.82, 2.24) is 14.5 Å². The van der Waals surface area contributed by atoms with Crippen LogP contribution in [0.5, 0.6) is 0 Å².